The number of primary amides is 1. The van der Waals surface area contributed by atoms with E-state index in [-0.39, 0.29) is 12.2 Å². The molecule has 1 amide bonds. The van der Waals surface area contributed by atoms with Crippen LogP contribution < -0.4 is 16.4 Å². The zero-order valence-electron chi connectivity index (χ0n) is 9.79. The van der Waals surface area contributed by atoms with E-state index in [1.807, 2.05) is 0 Å². The summed E-state index contributed by atoms with van der Waals surface area (Å²) < 4.78 is 37.3. The Morgan fingerprint density at radius 1 is 1.39 bits per heavy atom. The van der Waals surface area contributed by atoms with E-state index in [0.29, 0.717) is 12.2 Å². The third-order valence-electron chi connectivity index (χ3n) is 2.42. The predicted molar refractivity (Wildman–Crippen MR) is 62.9 cm³/mol. The molecule has 1 aromatic carbocycles. The lowest BCUT2D eigenvalue weighted by atomic mass is 10.1. The summed E-state index contributed by atoms with van der Waals surface area (Å²) >= 11 is 0. The van der Waals surface area contributed by atoms with Gasteiger partial charge in [-0.1, -0.05) is 0 Å². The van der Waals surface area contributed by atoms with E-state index >= 15 is 0 Å². The summed E-state index contributed by atoms with van der Waals surface area (Å²) in [5.74, 6) is -0.573. The van der Waals surface area contributed by atoms with Crippen LogP contribution in [0.4, 0.5) is 24.5 Å². The Balaban J connectivity index is 3.07. The van der Waals surface area contributed by atoms with E-state index < -0.39 is 17.6 Å². The molecule has 0 spiro atoms. The van der Waals surface area contributed by atoms with Gasteiger partial charge in [0.15, 0.2) is 0 Å². The van der Waals surface area contributed by atoms with Gasteiger partial charge in [0.25, 0.3) is 0 Å². The van der Waals surface area contributed by atoms with Crippen LogP contribution in [0, 0.1) is 0 Å². The van der Waals surface area contributed by atoms with Gasteiger partial charge in [0.1, 0.15) is 0 Å². The van der Waals surface area contributed by atoms with Gasteiger partial charge in [-0.2, -0.15) is 13.2 Å². The summed E-state index contributed by atoms with van der Waals surface area (Å²) in [6.07, 6.45) is -4.44. The predicted octanol–water partition coefficient (Wildman–Crippen LogP) is 1.60. The average molecular weight is 261 g/mol. The molecule has 0 saturated carbocycles. The van der Waals surface area contributed by atoms with E-state index in [2.05, 4.69) is 0 Å². The highest BCUT2D eigenvalue weighted by molar-refractivity contribution is 5.81. The van der Waals surface area contributed by atoms with Gasteiger partial charge in [-0.05, 0) is 25.1 Å². The Bertz CT molecular complexity index is 446. The van der Waals surface area contributed by atoms with Crippen molar-refractivity contribution in [3.8, 4) is 0 Å². The number of carbonyl (C=O) groups excluding carboxylic acids is 1. The summed E-state index contributed by atoms with van der Waals surface area (Å²) in [6, 6.07) is 3.01. The first-order valence-corrected chi connectivity index (χ1v) is 5.25. The number of likely N-dealkylation sites (N-methyl/N-ethyl adjacent to an activating group) is 1. The molecule has 0 aliphatic rings. The second-order valence-corrected chi connectivity index (χ2v) is 3.75. The molecule has 7 heteroatoms. The van der Waals surface area contributed by atoms with Gasteiger partial charge in [-0.3, -0.25) is 4.79 Å². The Kier molecular flexibility index (Phi) is 4.05. The lowest BCUT2D eigenvalue weighted by Gasteiger charge is -2.23. The molecule has 0 aromatic heterocycles. The van der Waals surface area contributed by atoms with E-state index in [1.54, 1.807) is 6.92 Å². The second kappa shape index (κ2) is 5.16. The summed E-state index contributed by atoms with van der Waals surface area (Å²) in [6.45, 7) is 2.07. The van der Waals surface area contributed by atoms with Crippen molar-refractivity contribution in [1.82, 2.24) is 0 Å². The number of nitrogens with zero attached hydrogens (tertiary/aromatic N) is 1. The largest absolute Gasteiger partial charge is 0.416 e. The molecule has 1 rings (SSSR count). The summed E-state index contributed by atoms with van der Waals surface area (Å²) in [5, 5.41) is 0. The maximum Gasteiger partial charge on any atom is 0.416 e. The van der Waals surface area contributed by atoms with Crippen molar-refractivity contribution in [3.05, 3.63) is 23.8 Å². The maximum absolute atomic E-state index is 12.4. The molecule has 0 unspecified atom stereocenters. The minimum absolute atomic E-state index is 0.0343. The number of amides is 1. The lowest BCUT2D eigenvalue weighted by molar-refractivity contribution is -0.137. The molecular formula is C11H14F3N3O. The first kappa shape index (κ1) is 14.1. The fourth-order valence-electron chi connectivity index (χ4n) is 1.57. The van der Waals surface area contributed by atoms with Crippen molar-refractivity contribution < 1.29 is 18.0 Å². The van der Waals surface area contributed by atoms with Crippen LogP contribution in [-0.4, -0.2) is 19.0 Å². The molecule has 0 aliphatic carbocycles. The number of benzene rings is 1. The Labute approximate surface area is 102 Å². The van der Waals surface area contributed by atoms with E-state index in [1.165, 1.54) is 11.0 Å². The number of halogens is 3. The monoisotopic (exact) mass is 261 g/mol. The average Bonchev–Trinajstić information content (AvgIpc) is 2.24. The van der Waals surface area contributed by atoms with E-state index in [0.717, 1.165) is 12.1 Å². The smallest absolute Gasteiger partial charge is 0.397 e. The molecule has 0 aliphatic heterocycles. The zero-order valence-corrected chi connectivity index (χ0v) is 9.79. The van der Waals surface area contributed by atoms with Gasteiger partial charge in [-0.15, -0.1) is 0 Å². The van der Waals surface area contributed by atoms with Gasteiger partial charge in [0.2, 0.25) is 5.91 Å². The molecule has 0 fully saturated rings. The van der Waals surface area contributed by atoms with Crippen LogP contribution in [0.1, 0.15) is 12.5 Å². The third kappa shape index (κ3) is 3.28. The molecule has 0 radical (unpaired) electrons. The van der Waals surface area contributed by atoms with Gasteiger partial charge in [0, 0.05) is 6.54 Å². The molecule has 100 valence electrons. The number of nitrogen functional groups attached to an aromatic ring is 1. The second-order valence-electron chi connectivity index (χ2n) is 3.75. The van der Waals surface area contributed by atoms with Gasteiger partial charge >= 0.3 is 6.18 Å². The molecule has 0 atom stereocenters. The first-order valence-electron chi connectivity index (χ1n) is 5.25. The summed E-state index contributed by atoms with van der Waals surface area (Å²) in [7, 11) is 0. The van der Waals surface area contributed by atoms with Gasteiger partial charge in [-0.25, -0.2) is 0 Å². The van der Waals surface area contributed by atoms with E-state index in [4.69, 9.17) is 11.5 Å². The fourth-order valence-corrected chi connectivity index (χ4v) is 1.57. The topological polar surface area (TPSA) is 72.3 Å². The molecule has 1 aromatic rings. The highest BCUT2D eigenvalue weighted by Crippen LogP contribution is 2.33. The van der Waals surface area contributed by atoms with Crippen LogP contribution in [-0.2, 0) is 11.0 Å². The molecule has 0 saturated heterocycles. The first-order chi connectivity index (χ1) is 8.25. The Morgan fingerprint density at radius 3 is 2.39 bits per heavy atom. The Hall–Kier alpha value is -1.92. The molecule has 0 heterocycles. The number of hydrogen-bond acceptors (Lipinski definition) is 3. The standard InChI is InChI=1S/C11H14F3N3O/c1-2-17(6-10(16)18)9-4-3-7(5-8(9)15)11(12,13)14/h3-5H,2,6,15H2,1H3,(H2,16,18). The quantitative estimate of drug-likeness (QED) is 0.808. The highest BCUT2D eigenvalue weighted by atomic mass is 19.4. The van der Waals surface area contributed by atoms with Gasteiger partial charge < -0.3 is 16.4 Å². The van der Waals surface area contributed by atoms with Crippen LogP contribution in [0.3, 0.4) is 0 Å². The Morgan fingerprint density at radius 2 is 2.00 bits per heavy atom. The van der Waals surface area contributed by atoms with Crippen LogP contribution >= 0.6 is 0 Å². The fraction of sp³-hybridized carbons (Fsp3) is 0.364. The maximum atomic E-state index is 12.4. The summed E-state index contributed by atoms with van der Waals surface area (Å²) in [4.78, 5) is 12.4. The molecule has 18 heavy (non-hydrogen) atoms. The number of rotatable bonds is 4. The molecule has 4 nitrogen and oxygen atoms in total. The minimum atomic E-state index is -4.44. The molecule has 4 N–H and O–H groups in total. The van der Waals surface area contributed by atoms with Crippen molar-refractivity contribution in [2.75, 3.05) is 23.7 Å². The normalized spacial score (nSPS) is 11.3. The lowest BCUT2D eigenvalue weighted by Crippen LogP contribution is -2.34. The van der Waals surface area contributed by atoms with E-state index in [9.17, 15) is 18.0 Å². The SMILES string of the molecule is CCN(CC(N)=O)c1ccc(C(F)(F)F)cc1N. The van der Waals surface area contributed by atoms with Crippen LogP contribution in [0.25, 0.3) is 0 Å². The van der Waals surface area contributed by atoms with Crippen LogP contribution in [0.2, 0.25) is 0 Å². The zero-order chi connectivity index (χ0) is 13.9. The number of carbonyl (C=O) groups is 1. The van der Waals surface area contributed by atoms with Crippen molar-refractivity contribution in [3.63, 3.8) is 0 Å². The summed E-state index contributed by atoms with van der Waals surface area (Å²) in [5.41, 5.74) is 10.1. The number of nitrogens with two attached hydrogens (primary N) is 2. The van der Waals surface area contributed by atoms with Gasteiger partial charge in [0.05, 0.1) is 23.5 Å². The number of alkyl halides is 3. The van der Waals surface area contributed by atoms with Crippen LogP contribution in [0.15, 0.2) is 18.2 Å². The number of hydrogen-bond donors (Lipinski definition) is 2. The molecule has 0 bridgehead atoms. The third-order valence-corrected chi connectivity index (χ3v) is 2.42. The highest BCUT2D eigenvalue weighted by Gasteiger charge is 2.31. The van der Waals surface area contributed by atoms with Crippen LogP contribution in [0.5, 0.6) is 0 Å². The van der Waals surface area contributed by atoms with Crippen molar-refractivity contribution in [2.45, 2.75) is 13.1 Å². The minimum Gasteiger partial charge on any atom is -0.397 e. The molecular weight excluding hydrogens is 247 g/mol. The van der Waals surface area contributed by atoms with Crippen molar-refractivity contribution in [1.29, 1.82) is 0 Å². The number of anilines is 2. The van der Waals surface area contributed by atoms with Crippen molar-refractivity contribution in [2.24, 2.45) is 5.73 Å². The van der Waals surface area contributed by atoms with Crippen molar-refractivity contribution >= 4 is 17.3 Å².